The van der Waals surface area contributed by atoms with Crippen LogP contribution in [-0.2, 0) is 16.6 Å². The van der Waals surface area contributed by atoms with Crippen molar-refractivity contribution in [3.8, 4) is 5.69 Å². The molecule has 0 fully saturated rings. The second-order valence-electron chi connectivity index (χ2n) is 7.60. The molecule has 0 atom stereocenters. The van der Waals surface area contributed by atoms with Crippen molar-refractivity contribution < 1.29 is 17.6 Å². The molecule has 3 N–H and O–H groups in total. The fraction of sp³-hybridized carbons (Fsp3) is 0.167. The number of benzene rings is 3. The molecule has 0 radical (unpaired) electrons. The number of hydrogen-bond acceptors (Lipinski definition) is 5. The van der Waals surface area contributed by atoms with Crippen LogP contribution >= 0.6 is 0 Å². The quantitative estimate of drug-likeness (QED) is 0.319. The smallest absolute Gasteiger partial charge is 0.252 e. The first-order valence-electron chi connectivity index (χ1n) is 10.6. The summed E-state index contributed by atoms with van der Waals surface area (Å²) in [6.45, 7) is 1.05. The molecular weight excluding hydrogens is 457 g/mol. The number of rotatable bonds is 9. The lowest BCUT2D eigenvalue weighted by Gasteiger charge is -2.09. The minimum absolute atomic E-state index is 0.164. The summed E-state index contributed by atoms with van der Waals surface area (Å²) in [6, 6.07) is 17.6. The summed E-state index contributed by atoms with van der Waals surface area (Å²) in [6.07, 6.45) is 1.61. The van der Waals surface area contributed by atoms with Crippen LogP contribution in [0.4, 0.5) is 4.39 Å². The lowest BCUT2D eigenvalue weighted by Crippen LogP contribution is -2.30. The number of likely N-dealkylation sites (N-methyl/N-ethyl adjacent to an activating group) is 1. The number of fused-ring (bicyclic) bond motifs is 1. The minimum atomic E-state index is -3.58. The van der Waals surface area contributed by atoms with Crippen LogP contribution in [0.5, 0.6) is 0 Å². The molecule has 0 aliphatic heterocycles. The van der Waals surface area contributed by atoms with Crippen LogP contribution in [-0.4, -0.2) is 44.2 Å². The molecule has 0 saturated carbocycles. The Kier molecular flexibility index (Phi) is 7.01. The van der Waals surface area contributed by atoms with Crippen LogP contribution in [0.1, 0.15) is 15.9 Å². The molecule has 0 saturated heterocycles. The number of carbonyl (C=O) groups excluding carboxylic acids is 1. The highest BCUT2D eigenvalue weighted by Gasteiger charge is 2.15. The minimum Gasteiger partial charge on any atom is -0.348 e. The molecule has 1 amide bonds. The van der Waals surface area contributed by atoms with Crippen LogP contribution in [0, 0.1) is 5.82 Å². The van der Waals surface area contributed by atoms with Gasteiger partial charge in [-0.2, -0.15) is 5.10 Å². The molecule has 176 valence electrons. The van der Waals surface area contributed by atoms with Crippen LogP contribution in [0.25, 0.3) is 16.6 Å². The number of nitrogens with zero attached hydrogens (tertiary/aromatic N) is 2. The highest BCUT2D eigenvalue weighted by molar-refractivity contribution is 7.89. The van der Waals surface area contributed by atoms with Gasteiger partial charge in [0.15, 0.2) is 0 Å². The van der Waals surface area contributed by atoms with Crippen molar-refractivity contribution >= 4 is 26.8 Å². The summed E-state index contributed by atoms with van der Waals surface area (Å²) in [5.74, 6) is -0.620. The van der Waals surface area contributed by atoms with E-state index in [2.05, 4.69) is 20.5 Å². The highest BCUT2D eigenvalue weighted by Crippen LogP contribution is 2.22. The maximum atomic E-state index is 13.3. The zero-order valence-electron chi connectivity index (χ0n) is 18.5. The van der Waals surface area contributed by atoms with Gasteiger partial charge in [0.25, 0.3) is 5.91 Å². The summed E-state index contributed by atoms with van der Waals surface area (Å²) in [4.78, 5) is 13.0. The van der Waals surface area contributed by atoms with Gasteiger partial charge in [-0.1, -0.05) is 18.2 Å². The van der Waals surface area contributed by atoms with Crippen molar-refractivity contribution in [2.75, 3.05) is 20.1 Å². The van der Waals surface area contributed by atoms with Crippen molar-refractivity contribution in [3.63, 3.8) is 0 Å². The molecule has 0 aliphatic rings. The predicted octanol–water partition coefficient (Wildman–Crippen LogP) is 2.59. The number of carbonyl (C=O) groups is 1. The van der Waals surface area contributed by atoms with Crippen molar-refractivity contribution in [1.29, 1.82) is 0 Å². The lowest BCUT2D eigenvalue weighted by molar-refractivity contribution is 0.0952. The maximum absolute atomic E-state index is 13.3. The summed E-state index contributed by atoms with van der Waals surface area (Å²) in [5.41, 5.74) is 2.62. The predicted molar refractivity (Wildman–Crippen MR) is 128 cm³/mol. The number of hydrogen-bond donors (Lipinski definition) is 3. The van der Waals surface area contributed by atoms with E-state index in [0.717, 1.165) is 11.1 Å². The van der Waals surface area contributed by atoms with Gasteiger partial charge >= 0.3 is 0 Å². The van der Waals surface area contributed by atoms with E-state index in [0.29, 0.717) is 29.7 Å². The second kappa shape index (κ2) is 10.1. The van der Waals surface area contributed by atoms with E-state index in [1.165, 1.54) is 24.3 Å². The molecule has 0 unspecified atom stereocenters. The topological polar surface area (TPSA) is 105 Å². The molecule has 8 nitrogen and oxygen atoms in total. The Morgan fingerprint density at radius 2 is 1.74 bits per heavy atom. The number of aromatic nitrogens is 2. The van der Waals surface area contributed by atoms with Gasteiger partial charge < -0.3 is 10.6 Å². The normalized spacial score (nSPS) is 11.6. The Labute approximate surface area is 196 Å². The number of halogens is 1. The van der Waals surface area contributed by atoms with Crippen LogP contribution in [0.3, 0.4) is 0 Å². The second-order valence-corrected chi connectivity index (χ2v) is 9.37. The third kappa shape index (κ3) is 5.14. The fourth-order valence-corrected chi connectivity index (χ4v) is 4.53. The monoisotopic (exact) mass is 481 g/mol. The van der Waals surface area contributed by atoms with E-state index in [9.17, 15) is 17.6 Å². The first-order valence-corrected chi connectivity index (χ1v) is 12.1. The maximum Gasteiger partial charge on any atom is 0.252 e. The largest absolute Gasteiger partial charge is 0.348 e. The first kappa shape index (κ1) is 23.6. The van der Waals surface area contributed by atoms with Crippen molar-refractivity contribution in [1.82, 2.24) is 25.1 Å². The summed E-state index contributed by atoms with van der Waals surface area (Å²) in [7, 11) is -1.83. The van der Waals surface area contributed by atoms with Crippen molar-refractivity contribution in [3.05, 3.63) is 89.9 Å². The van der Waals surface area contributed by atoms with E-state index in [4.69, 9.17) is 0 Å². The Balaban J connectivity index is 1.46. The standard InChI is InChI=1S/C24H24FN5O3S/c1-26-13-14-29-34(32,33)20-11-5-17(6-12-20)15-27-24(31)21-3-2-4-23-22(21)16-28-30(23)19-9-7-18(25)8-10-19/h2-12,16,26,29H,13-15H2,1H3,(H,27,31). The van der Waals surface area contributed by atoms with Gasteiger partial charge in [0.1, 0.15) is 5.82 Å². The number of sulfonamides is 1. The lowest BCUT2D eigenvalue weighted by atomic mass is 10.1. The summed E-state index contributed by atoms with van der Waals surface area (Å²) in [5, 5.41) is 10.8. The molecule has 1 aromatic heterocycles. The van der Waals surface area contributed by atoms with Gasteiger partial charge in [0.05, 0.1) is 27.9 Å². The van der Waals surface area contributed by atoms with Gasteiger partial charge in [-0.25, -0.2) is 22.2 Å². The van der Waals surface area contributed by atoms with Gasteiger partial charge in [-0.15, -0.1) is 0 Å². The molecule has 1 heterocycles. The molecule has 0 bridgehead atoms. The zero-order chi connectivity index (χ0) is 24.1. The summed E-state index contributed by atoms with van der Waals surface area (Å²) >= 11 is 0. The third-order valence-electron chi connectivity index (χ3n) is 5.28. The number of amides is 1. The Morgan fingerprint density at radius 3 is 2.44 bits per heavy atom. The average Bonchev–Trinajstić information content (AvgIpc) is 3.28. The highest BCUT2D eigenvalue weighted by atomic mass is 32.2. The van der Waals surface area contributed by atoms with E-state index < -0.39 is 10.0 Å². The van der Waals surface area contributed by atoms with Crippen LogP contribution in [0.15, 0.2) is 77.8 Å². The Hall–Kier alpha value is -3.60. The van der Waals surface area contributed by atoms with E-state index in [-0.39, 0.29) is 23.2 Å². The average molecular weight is 482 g/mol. The summed E-state index contributed by atoms with van der Waals surface area (Å²) < 4.78 is 42.0. The van der Waals surface area contributed by atoms with Crippen molar-refractivity contribution in [2.45, 2.75) is 11.4 Å². The van der Waals surface area contributed by atoms with E-state index >= 15 is 0 Å². The van der Waals surface area contributed by atoms with Crippen molar-refractivity contribution in [2.24, 2.45) is 0 Å². The van der Waals surface area contributed by atoms with Gasteiger partial charge in [0, 0.05) is 25.0 Å². The molecule has 34 heavy (non-hydrogen) atoms. The van der Waals surface area contributed by atoms with Crippen LogP contribution < -0.4 is 15.4 Å². The first-order chi connectivity index (χ1) is 16.4. The zero-order valence-corrected chi connectivity index (χ0v) is 19.3. The molecule has 4 aromatic rings. The molecule has 0 spiro atoms. The Morgan fingerprint density at radius 1 is 1.00 bits per heavy atom. The fourth-order valence-electron chi connectivity index (χ4n) is 3.49. The van der Waals surface area contributed by atoms with Gasteiger partial charge in [0.2, 0.25) is 10.0 Å². The number of nitrogens with one attached hydrogen (secondary N) is 3. The molecule has 0 aliphatic carbocycles. The molecule has 3 aromatic carbocycles. The SMILES string of the molecule is CNCCNS(=O)(=O)c1ccc(CNC(=O)c2cccc3c2cnn3-c2ccc(F)cc2)cc1. The molecular formula is C24H24FN5O3S. The van der Waals surface area contributed by atoms with E-state index in [1.54, 1.807) is 54.3 Å². The molecule has 4 rings (SSSR count). The van der Waals surface area contributed by atoms with Crippen LogP contribution in [0.2, 0.25) is 0 Å². The molecule has 10 heteroatoms. The van der Waals surface area contributed by atoms with Gasteiger partial charge in [-0.3, -0.25) is 4.79 Å². The van der Waals surface area contributed by atoms with E-state index in [1.807, 2.05) is 6.07 Å². The third-order valence-corrected chi connectivity index (χ3v) is 6.76. The Bertz CT molecular complexity index is 1400. The van der Waals surface area contributed by atoms with Gasteiger partial charge in [-0.05, 0) is 61.1 Å².